The maximum absolute atomic E-state index is 11.5. The zero-order chi connectivity index (χ0) is 15.7. The van der Waals surface area contributed by atoms with Crippen LogP contribution in [0.4, 0.5) is 5.69 Å². The summed E-state index contributed by atoms with van der Waals surface area (Å²) in [6, 6.07) is 9.42. The lowest BCUT2D eigenvalue weighted by Gasteiger charge is -2.27. The van der Waals surface area contributed by atoms with Gasteiger partial charge in [-0.2, -0.15) is 0 Å². The minimum Gasteiger partial charge on any atom is -0.361 e. The molecule has 0 saturated heterocycles. The molecule has 1 aromatic carbocycles. The Morgan fingerprint density at radius 1 is 1.32 bits per heavy atom. The number of carbonyl (C=O) groups is 1. The number of carbonyl (C=O) groups excluding carboxylic acids is 1. The molecule has 0 radical (unpaired) electrons. The van der Waals surface area contributed by atoms with E-state index in [0.717, 1.165) is 34.4 Å². The van der Waals surface area contributed by atoms with Gasteiger partial charge in [-0.15, -0.1) is 0 Å². The molecule has 112 valence electrons. The van der Waals surface area contributed by atoms with Crippen LogP contribution >= 0.6 is 0 Å². The molecule has 5 nitrogen and oxygen atoms in total. The van der Waals surface area contributed by atoms with Gasteiger partial charge in [-0.25, -0.2) is 0 Å². The first kappa shape index (κ1) is 14.4. The van der Waals surface area contributed by atoms with Gasteiger partial charge >= 0.3 is 0 Å². The number of hydrogen-bond acceptors (Lipinski definition) is 5. The summed E-state index contributed by atoms with van der Waals surface area (Å²) in [5, 5.41) is 0. The molecule has 2 heterocycles. The molecule has 5 heteroatoms. The normalized spacial score (nSPS) is 20.9. The van der Waals surface area contributed by atoms with E-state index in [0.29, 0.717) is 0 Å². The van der Waals surface area contributed by atoms with Crippen molar-refractivity contribution in [3.8, 4) is 0 Å². The van der Waals surface area contributed by atoms with Crippen LogP contribution < -0.4 is 10.6 Å². The third kappa shape index (κ3) is 2.40. The molecule has 0 fully saturated rings. The first-order valence-electron chi connectivity index (χ1n) is 7.14. The first-order valence-corrected chi connectivity index (χ1v) is 7.14. The molecule has 0 amide bonds. The second-order valence-corrected chi connectivity index (χ2v) is 5.47. The van der Waals surface area contributed by atoms with Crippen molar-refractivity contribution in [1.29, 1.82) is 0 Å². The molecule has 2 atom stereocenters. The summed E-state index contributed by atoms with van der Waals surface area (Å²) in [7, 11) is 1.87. The van der Waals surface area contributed by atoms with E-state index < -0.39 is 12.2 Å². The fraction of sp³-hybridized carbons (Fsp3) is 0.235. The number of rotatable bonds is 2. The molecule has 1 aliphatic rings. The SMILES string of the molecule is Cc1ccc2c(c1)C(c1cccnc1)=NC(N)C(C=O)N2C. The highest BCUT2D eigenvalue weighted by atomic mass is 16.1. The zero-order valence-electron chi connectivity index (χ0n) is 12.6. The van der Waals surface area contributed by atoms with Crippen molar-refractivity contribution in [2.75, 3.05) is 11.9 Å². The van der Waals surface area contributed by atoms with Crippen LogP contribution in [0.3, 0.4) is 0 Å². The molecule has 0 saturated carbocycles. The summed E-state index contributed by atoms with van der Waals surface area (Å²) >= 11 is 0. The molecule has 22 heavy (non-hydrogen) atoms. The van der Waals surface area contributed by atoms with Crippen LogP contribution in [0, 0.1) is 6.92 Å². The van der Waals surface area contributed by atoms with Gasteiger partial charge in [0.2, 0.25) is 0 Å². The first-order chi connectivity index (χ1) is 10.6. The fourth-order valence-electron chi connectivity index (χ4n) is 2.74. The maximum atomic E-state index is 11.5. The minimum atomic E-state index is -0.620. The summed E-state index contributed by atoms with van der Waals surface area (Å²) in [5.41, 5.74) is 10.8. The Morgan fingerprint density at radius 3 is 2.82 bits per heavy atom. The predicted molar refractivity (Wildman–Crippen MR) is 87.3 cm³/mol. The number of hydrogen-bond donors (Lipinski definition) is 1. The average Bonchev–Trinajstić information content (AvgIpc) is 2.63. The van der Waals surface area contributed by atoms with Crippen LogP contribution in [0.2, 0.25) is 0 Å². The Kier molecular flexibility index (Phi) is 3.73. The number of fused-ring (bicyclic) bond motifs is 1. The van der Waals surface area contributed by atoms with Gasteiger partial charge in [0.15, 0.2) is 0 Å². The van der Waals surface area contributed by atoms with Crippen molar-refractivity contribution in [3.63, 3.8) is 0 Å². The highest BCUT2D eigenvalue weighted by Gasteiger charge is 2.29. The van der Waals surface area contributed by atoms with E-state index in [-0.39, 0.29) is 0 Å². The van der Waals surface area contributed by atoms with Crippen molar-refractivity contribution in [2.24, 2.45) is 10.7 Å². The van der Waals surface area contributed by atoms with Gasteiger partial charge in [0, 0.05) is 36.3 Å². The highest BCUT2D eigenvalue weighted by molar-refractivity contribution is 6.16. The van der Waals surface area contributed by atoms with Crippen molar-refractivity contribution in [3.05, 3.63) is 59.4 Å². The van der Waals surface area contributed by atoms with Crippen molar-refractivity contribution in [1.82, 2.24) is 4.98 Å². The molecular formula is C17H18N4O. The summed E-state index contributed by atoms with van der Waals surface area (Å²) in [4.78, 5) is 22.1. The van der Waals surface area contributed by atoms with Gasteiger partial charge in [0.1, 0.15) is 18.5 Å². The number of pyridine rings is 1. The van der Waals surface area contributed by atoms with E-state index in [4.69, 9.17) is 5.73 Å². The standard InChI is InChI=1S/C17H18N4O/c1-11-5-6-14-13(8-11)16(12-4-3-7-19-9-12)20-17(18)15(10-22)21(14)2/h3-10,15,17H,18H2,1-2H3. The topological polar surface area (TPSA) is 71.6 Å². The molecular weight excluding hydrogens is 276 g/mol. The van der Waals surface area contributed by atoms with E-state index in [1.165, 1.54) is 0 Å². The van der Waals surface area contributed by atoms with Crippen molar-refractivity contribution < 1.29 is 4.79 Å². The van der Waals surface area contributed by atoms with Gasteiger partial charge < -0.3 is 15.4 Å². The molecule has 0 bridgehead atoms. The summed E-state index contributed by atoms with van der Waals surface area (Å²) in [6.07, 6.45) is 3.71. The summed E-state index contributed by atoms with van der Waals surface area (Å²) in [6.45, 7) is 2.03. The number of benzene rings is 1. The number of anilines is 1. The molecule has 1 aromatic heterocycles. The molecule has 2 unspecified atom stereocenters. The van der Waals surface area contributed by atoms with E-state index in [2.05, 4.69) is 16.0 Å². The molecule has 0 aliphatic carbocycles. The third-order valence-corrected chi connectivity index (χ3v) is 3.94. The Bertz CT molecular complexity index is 727. The molecule has 2 aromatic rings. The average molecular weight is 294 g/mol. The van der Waals surface area contributed by atoms with Gasteiger partial charge in [-0.05, 0) is 31.2 Å². The zero-order valence-corrected chi connectivity index (χ0v) is 12.6. The number of aromatic nitrogens is 1. The second-order valence-electron chi connectivity index (χ2n) is 5.47. The lowest BCUT2D eigenvalue weighted by atomic mass is 9.99. The number of aldehydes is 1. The minimum absolute atomic E-state index is 0.490. The van der Waals surface area contributed by atoms with Crippen LogP contribution in [0.25, 0.3) is 0 Å². The number of likely N-dealkylation sites (N-methyl/N-ethyl adjacent to an activating group) is 1. The van der Waals surface area contributed by atoms with Crippen LogP contribution in [0.5, 0.6) is 0 Å². The Balaban J connectivity index is 2.26. The van der Waals surface area contributed by atoms with E-state index in [9.17, 15) is 4.79 Å². The molecule has 0 spiro atoms. The number of benzodiazepines with no additional fused rings is 1. The molecule has 1 aliphatic heterocycles. The van der Waals surface area contributed by atoms with Crippen LogP contribution in [-0.4, -0.2) is 36.2 Å². The van der Waals surface area contributed by atoms with E-state index in [1.807, 2.05) is 43.1 Å². The number of aliphatic imine (C=N–C) groups is 1. The third-order valence-electron chi connectivity index (χ3n) is 3.94. The Labute approximate surface area is 129 Å². The molecule has 3 rings (SSSR count). The quantitative estimate of drug-likeness (QED) is 0.853. The lowest BCUT2D eigenvalue weighted by Crippen LogP contribution is -2.45. The van der Waals surface area contributed by atoms with Gasteiger partial charge in [-0.1, -0.05) is 11.6 Å². The summed E-state index contributed by atoms with van der Waals surface area (Å²) in [5.74, 6) is 0. The van der Waals surface area contributed by atoms with Crippen LogP contribution in [-0.2, 0) is 4.79 Å². The van der Waals surface area contributed by atoms with Crippen LogP contribution in [0.15, 0.2) is 47.7 Å². The number of aryl methyl sites for hydroxylation is 1. The largest absolute Gasteiger partial charge is 0.361 e. The van der Waals surface area contributed by atoms with E-state index in [1.54, 1.807) is 12.4 Å². The maximum Gasteiger partial charge on any atom is 0.145 e. The van der Waals surface area contributed by atoms with Crippen molar-refractivity contribution in [2.45, 2.75) is 19.1 Å². The summed E-state index contributed by atoms with van der Waals surface area (Å²) < 4.78 is 0. The van der Waals surface area contributed by atoms with Crippen LogP contribution in [0.1, 0.15) is 16.7 Å². The highest BCUT2D eigenvalue weighted by Crippen LogP contribution is 2.29. The Hall–Kier alpha value is -2.53. The van der Waals surface area contributed by atoms with Crippen molar-refractivity contribution >= 4 is 17.7 Å². The second kappa shape index (κ2) is 5.69. The van der Waals surface area contributed by atoms with E-state index >= 15 is 0 Å². The monoisotopic (exact) mass is 294 g/mol. The Morgan fingerprint density at radius 2 is 2.14 bits per heavy atom. The van der Waals surface area contributed by atoms with Gasteiger partial charge in [0.05, 0.1) is 5.71 Å². The predicted octanol–water partition coefficient (Wildman–Crippen LogP) is 1.53. The number of nitrogens with zero attached hydrogens (tertiary/aromatic N) is 3. The lowest BCUT2D eigenvalue weighted by molar-refractivity contribution is -0.109. The number of nitrogens with two attached hydrogens (primary N) is 1. The fourth-order valence-corrected chi connectivity index (χ4v) is 2.74. The van der Waals surface area contributed by atoms with Gasteiger partial charge in [-0.3, -0.25) is 9.98 Å². The smallest absolute Gasteiger partial charge is 0.145 e. The molecule has 2 N–H and O–H groups in total. The van der Waals surface area contributed by atoms with Gasteiger partial charge in [0.25, 0.3) is 0 Å².